The zero-order chi connectivity index (χ0) is 13.1. The smallest absolute Gasteiger partial charge is 0.322 e. The van der Waals surface area contributed by atoms with Gasteiger partial charge in [0.2, 0.25) is 0 Å². The molecule has 0 radical (unpaired) electrons. The van der Waals surface area contributed by atoms with Gasteiger partial charge in [0.05, 0.1) is 9.95 Å². The van der Waals surface area contributed by atoms with Crippen molar-refractivity contribution in [3.8, 4) is 11.8 Å². The second-order valence-corrected chi connectivity index (χ2v) is 3.56. The summed E-state index contributed by atoms with van der Waals surface area (Å²) in [7, 11) is 0. The third-order valence-corrected chi connectivity index (χ3v) is 2.22. The van der Waals surface area contributed by atoms with Crippen LogP contribution in [0.5, 0.6) is 11.8 Å². The first-order valence-corrected chi connectivity index (χ1v) is 5.03. The van der Waals surface area contributed by atoms with E-state index >= 15 is 0 Å². The van der Waals surface area contributed by atoms with Gasteiger partial charge in [0.1, 0.15) is 24.0 Å². The van der Waals surface area contributed by atoms with Crippen LogP contribution in [0.3, 0.4) is 0 Å². The molecule has 0 unspecified atom stereocenters. The Balaban J connectivity index is 2.21. The molecule has 0 spiro atoms. The molecule has 6 nitrogen and oxygen atoms in total. The molecule has 0 bridgehead atoms. The molecular weight excluding hydrogens is 265 g/mol. The summed E-state index contributed by atoms with van der Waals surface area (Å²) in [4.78, 5) is 17.0. The highest BCUT2D eigenvalue weighted by molar-refractivity contribution is 6.32. The zero-order valence-corrected chi connectivity index (χ0v) is 9.46. The molecule has 8 heteroatoms. The van der Waals surface area contributed by atoms with Gasteiger partial charge >= 0.3 is 11.7 Å². The highest BCUT2D eigenvalue weighted by Crippen LogP contribution is 2.28. The Morgan fingerprint density at radius 1 is 1.33 bits per heavy atom. The predicted molar refractivity (Wildman–Crippen MR) is 60.2 cm³/mol. The fourth-order valence-corrected chi connectivity index (χ4v) is 1.32. The van der Waals surface area contributed by atoms with Crippen molar-refractivity contribution >= 4 is 17.3 Å². The lowest BCUT2D eigenvalue weighted by atomic mass is 10.3. The third-order valence-electron chi connectivity index (χ3n) is 1.92. The quantitative estimate of drug-likeness (QED) is 0.632. The molecule has 0 fully saturated rings. The number of aromatic nitrogens is 2. The minimum Gasteiger partial charge on any atom is -0.423 e. The number of benzene rings is 1. The molecule has 0 saturated heterocycles. The minimum absolute atomic E-state index is 0.0527. The van der Waals surface area contributed by atoms with E-state index in [2.05, 4.69) is 9.97 Å². The van der Waals surface area contributed by atoms with Crippen LogP contribution in [-0.2, 0) is 0 Å². The van der Waals surface area contributed by atoms with Gasteiger partial charge in [-0.05, 0) is 18.2 Å². The van der Waals surface area contributed by atoms with Crippen molar-refractivity contribution in [1.82, 2.24) is 9.97 Å². The van der Waals surface area contributed by atoms with E-state index in [0.29, 0.717) is 0 Å². The van der Waals surface area contributed by atoms with E-state index < -0.39 is 10.7 Å². The molecule has 92 valence electrons. The average Bonchev–Trinajstić information content (AvgIpc) is 2.33. The van der Waals surface area contributed by atoms with Crippen LogP contribution < -0.4 is 4.74 Å². The number of ether oxygens (including phenoxy) is 1. The van der Waals surface area contributed by atoms with Crippen LogP contribution in [0, 0.1) is 15.9 Å². The molecule has 1 heterocycles. The van der Waals surface area contributed by atoms with Crippen LogP contribution in [-0.4, -0.2) is 14.9 Å². The van der Waals surface area contributed by atoms with E-state index in [1.165, 1.54) is 6.07 Å². The molecule has 2 rings (SSSR count). The third kappa shape index (κ3) is 2.69. The molecule has 0 N–H and O–H groups in total. The van der Waals surface area contributed by atoms with Crippen LogP contribution in [0.25, 0.3) is 0 Å². The van der Waals surface area contributed by atoms with E-state index in [-0.39, 0.29) is 22.5 Å². The van der Waals surface area contributed by atoms with Gasteiger partial charge in [-0.1, -0.05) is 11.6 Å². The van der Waals surface area contributed by atoms with Gasteiger partial charge in [0, 0.05) is 0 Å². The topological polar surface area (TPSA) is 78.2 Å². The van der Waals surface area contributed by atoms with Gasteiger partial charge < -0.3 is 4.74 Å². The van der Waals surface area contributed by atoms with Gasteiger partial charge in [-0.3, -0.25) is 10.1 Å². The van der Waals surface area contributed by atoms with E-state index in [9.17, 15) is 14.5 Å². The Kier molecular flexibility index (Phi) is 3.33. The number of rotatable bonds is 3. The number of halogens is 2. The van der Waals surface area contributed by atoms with Gasteiger partial charge in [0.25, 0.3) is 0 Å². The van der Waals surface area contributed by atoms with Crippen molar-refractivity contribution in [2.24, 2.45) is 0 Å². The predicted octanol–water partition coefficient (Wildman–Crippen LogP) is 2.97. The van der Waals surface area contributed by atoms with E-state index in [4.69, 9.17) is 16.3 Å². The van der Waals surface area contributed by atoms with E-state index in [1.807, 2.05) is 0 Å². The lowest BCUT2D eigenvalue weighted by Gasteiger charge is -2.04. The van der Waals surface area contributed by atoms with E-state index in [0.717, 1.165) is 24.5 Å². The Morgan fingerprint density at radius 3 is 2.56 bits per heavy atom. The maximum absolute atomic E-state index is 12.8. The first-order valence-electron chi connectivity index (χ1n) is 4.65. The molecule has 18 heavy (non-hydrogen) atoms. The van der Waals surface area contributed by atoms with Crippen molar-refractivity contribution in [2.75, 3.05) is 0 Å². The maximum atomic E-state index is 12.8. The highest BCUT2D eigenvalue weighted by Gasteiger charge is 2.10. The Labute approximate surface area is 105 Å². The molecule has 0 amide bonds. The SMILES string of the molecule is O=[N+]([O-])c1cnc(Oc2ccc(F)cc2Cl)nc1. The molecule has 0 aliphatic rings. The lowest BCUT2D eigenvalue weighted by Crippen LogP contribution is -1.95. The van der Waals surface area contributed by atoms with Crippen molar-refractivity contribution in [3.05, 3.63) is 51.5 Å². The number of nitrogens with zero attached hydrogens (tertiary/aromatic N) is 3. The van der Waals surface area contributed by atoms with Crippen LogP contribution >= 0.6 is 11.6 Å². The molecule has 1 aromatic heterocycles. The van der Waals surface area contributed by atoms with Crippen LogP contribution in [0.1, 0.15) is 0 Å². The van der Waals surface area contributed by atoms with Crippen LogP contribution in [0.4, 0.5) is 10.1 Å². The summed E-state index contributed by atoms with van der Waals surface area (Å²) < 4.78 is 17.9. The summed E-state index contributed by atoms with van der Waals surface area (Å²) in [6, 6.07) is 3.42. The van der Waals surface area contributed by atoms with Crippen molar-refractivity contribution in [3.63, 3.8) is 0 Å². The summed E-state index contributed by atoms with van der Waals surface area (Å²) >= 11 is 5.73. The molecular formula is C10H5ClFN3O3. The van der Waals surface area contributed by atoms with Crippen molar-refractivity contribution in [1.29, 1.82) is 0 Å². The summed E-state index contributed by atoms with van der Waals surface area (Å²) in [6.07, 6.45) is 2.00. The van der Waals surface area contributed by atoms with Gasteiger partial charge in [-0.15, -0.1) is 0 Å². The fraction of sp³-hybridized carbons (Fsp3) is 0. The first kappa shape index (κ1) is 12.2. The van der Waals surface area contributed by atoms with Crippen molar-refractivity contribution < 1.29 is 14.1 Å². The van der Waals surface area contributed by atoms with Gasteiger partial charge in [-0.2, -0.15) is 9.97 Å². The average molecular weight is 270 g/mol. The summed E-state index contributed by atoms with van der Waals surface area (Å²) in [5, 5.41) is 10.4. The van der Waals surface area contributed by atoms with Crippen molar-refractivity contribution in [2.45, 2.75) is 0 Å². The molecule has 0 saturated carbocycles. The van der Waals surface area contributed by atoms with E-state index in [1.54, 1.807) is 0 Å². The number of hydrogen-bond donors (Lipinski definition) is 0. The standard InChI is InChI=1S/C10H5ClFN3O3/c11-8-3-6(12)1-2-9(8)18-10-13-4-7(5-14-10)15(16)17/h1-5H. The van der Waals surface area contributed by atoms with Gasteiger partial charge in [-0.25, -0.2) is 4.39 Å². The fourth-order valence-electron chi connectivity index (χ4n) is 1.11. The molecule has 0 aliphatic carbocycles. The maximum Gasteiger partial charge on any atom is 0.322 e. The summed E-state index contributed by atoms with van der Waals surface area (Å²) in [6.45, 7) is 0. The van der Waals surface area contributed by atoms with Crippen LogP contribution in [0.2, 0.25) is 5.02 Å². The Morgan fingerprint density at radius 2 is 2.00 bits per heavy atom. The lowest BCUT2D eigenvalue weighted by molar-refractivity contribution is -0.385. The molecule has 2 aromatic rings. The highest BCUT2D eigenvalue weighted by atomic mass is 35.5. The molecule has 1 aromatic carbocycles. The summed E-state index contributed by atoms with van der Waals surface area (Å²) in [5.41, 5.74) is -0.257. The minimum atomic E-state index is -0.630. The largest absolute Gasteiger partial charge is 0.423 e. The zero-order valence-electron chi connectivity index (χ0n) is 8.71. The summed E-state index contributed by atoms with van der Waals surface area (Å²) in [5.74, 6) is -0.344. The first-order chi connectivity index (χ1) is 8.56. The Bertz CT molecular complexity index is 591. The molecule has 0 atom stereocenters. The van der Waals surface area contributed by atoms with Gasteiger partial charge in [0.15, 0.2) is 0 Å². The number of hydrogen-bond acceptors (Lipinski definition) is 5. The normalized spacial score (nSPS) is 10.1. The monoisotopic (exact) mass is 269 g/mol. The molecule has 0 aliphatic heterocycles. The number of nitro groups is 1. The second kappa shape index (κ2) is 4.92. The van der Waals surface area contributed by atoms with Crippen LogP contribution in [0.15, 0.2) is 30.6 Å². The second-order valence-electron chi connectivity index (χ2n) is 3.16. The Hall–Kier alpha value is -2.28.